The van der Waals surface area contributed by atoms with E-state index in [-0.39, 0.29) is 62.2 Å². The largest absolute Gasteiger partial charge is 0.491 e. The molecule has 1 unspecified atom stereocenters. The molecule has 1 saturated carbocycles. The van der Waals surface area contributed by atoms with Crippen LogP contribution in [0.3, 0.4) is 0 Å². The third kappa shape index (κ3) is 11.3. The summed E-state index contributed by atoms with van der Waals surface area (Å²) in [5.74, 6) is -1.23. The summed E-state index contributed by atoms with van der Waals surface area (Å²) in [6.45, 7) is 4.81. The zero-order valence-corrected chi connectivity index (χ0v) is 35.3. The van der Waals surface area contributed by atoms with Gasteiger partial charge in [-0.3, -0.25) is 34.3 Å². The number of sulfonamides is 1. The van der Waals surface area contributed by atoms with Gasteiger partial charge in [0.25, 0.3) is 11.8 Å². The summed E-state index contributed by atoms with van der Waals surface area (Å²) in [6, 6.07) is 11.8. The molecule has 2 aromatic carbocycles. The third-order valence-electron chi connectivity index (χ3n) is 11.5. The van der Waals surface area contributed by atoms with E-state index in [9.17, 15) is 32.9 Å². The van der Waals surface area contributed by atoms with Crippen molar-refractivity contribution in [3.8, 4) is 11.8 Å². The van der Waals surface area contributed by atoms with Gasteiger partial charge in [0.2, 0.25) is 21.8 Å². The van der Waals surface area contributed by atoms with Gasteiger partial charge >= 0.3 is 0 Å². The van der Waals surface area contributed by atoms with Crippen LogP contribution in [-0.4, -0.2) is 166 Å². The zero-order chi connectivity index (χ0) is 43.5. The molecule has 2 saturated heterocycles. The number of imide groups is 2. The van der Waals surface area contributed by atoms with Gasteiger partial charge in [0.15, 0.2) is 0 Å². The molecular formula is C42H52N8O11S. The van der Waals surface area contributed by atoms with Crippen molar-refractivity contribution in [2.24, 2.45) is 0 Å². The normalized spacial score (nSPS) is 21.2. The molecule has 2 N–H and O–H groups in total. The van der Waals surface area contributed by atoms with Crippen molar-refractivity contribution >= 4 is 50.4 Å². The summed E-state index contributed by atoms with van der Waals surface area (Å²) in [5.41, 5.74) is 1.69. The van der Waals surface area contributed by atoms with Crippen LogP contribution in [0.5, 0.6) is 5.75 Å². The summed E-state index contributed by atoms with van der Waals surface area (Å²) in [4.78, 5) is 61.7. The number of nitrogens with one attached hydrogen (secondary N) is 2. The minimum atomic E-state index is -3.43. The molecule has 1 atom stereocenters. The molecule has 0 spiro atoms. The van der Waals surface area contributed by atoms with Crippen LogP contribution in [-0.2, 0) is 38.6 Å². The molecule has 20 heteroatoms. The number of piperazine rings is 1. The number of hydrogen-bond donors (Lipinski definition) is 2. The number of aromatic nitrogens is 2. The number of amides is 4. The molecular weight excluding hydrogens is 825 g/mol. The highest BCUT2D eigenvalue weighted by atomic mass is 32.2. The summed E-state index contributed by atoms with van der Waals surface area (Å²) < 4.78 is 55.4. The minimum absolute atomic E-state index is 0.0492. The van der Waals surface area contributed by atoms with E-state index in [0.29, 0.717) is 76.6 Å². The van der Waals surface area contributed by atoms with E-state index in [2.05, 4.69) is 31.6 Å². The van der Waals surface area contributed by atoms with Crippen LogP contribution in [0.2, 0.25) is 0 Å². The summed E-state index contributed by atoms with van der Waals surface area (Å²) >= 11 is 0. The quantitative estimate of drug-likeness (QED) is 0.115. The van der Waals surface area contributed by atoms with Crippen LogP contribution in [0, 0.1) is 11.3 Å². The highest BCUT2D eigenvalue weighted by molar-refractivity contribution is 7.89. The van der Waals surface area contributed by atoms with Crippen LogP contribution in [0.25, 0.3) is 10.9 Å². The molecule has 0 bridgehead atoms. The second-order valence-corrected chi connectivity index (χ2v) is 17.5. The van der Waals surface area contributed by atoms with Crippen molar-refractivity contribution in [2.45, 2.75) is 56.7 Å². The van der Waals surface area contributed by atoms with E-state index < -0.39 is 39.7 Å². The fourth-order valence-electron chi connectivity index (χ4n) is 8.18. The van der Waals surface area contributed by atoms with Gasteiger partial charge in [0, 0.05) is 50.1 Å². The topological polar surface area (TPSA) is 232 Å². The highest BCUT2D eigenvalue weighted by Gasteiger charge is 2.44. The van der Waals surface area contributed by atoms with Crippen molar-refractivity contribution in [2.75, 3.05) is 96.7 Å². The number of nitrogens with zero attached hydrogens (tertiary/aromatic N) is 6. The van der Waals surface area contributed by atoms with Gasteiger partial charge in [0.1, 0.15) is 30.5 Å². The Morgan fingerprint density at radius 1 is 0.758 bits per heavy atom. The number of ether oxygens (including phenoxy) is 5. The lowest BCUT2D eigenvalue weighted by Crippen LogP contribution is -2.54. The lowest BCUT2D eigenvalue weighted by molar-refractivity contribution is -0.136. The average molecular weight is 877 g/mol. The van der Waals surface area contributed by atoms with E-state index in [0.717, 1.165) is 47.3 Å². The molecule has 3 aromatic rings. The van der Waals surface area contributed by atoms with Crippen LogP contribution in [0.1, 0.15) is 64.8 Å². The van der Waals surface area contributed by atoms with Gasteiger partial charge in [-0.15, -0.1) is 0 Å². The first-order valence-corrected chi connectivity index (χ1v) is 22.6. The molecule has 3 fully saturated rings. The second-order valence-electron chi connectivity index (χ2n) is 15.4. The number of benzene rings is 2. The Morgan fingerprint density at radius 2 is 1.42 bits per heavy atom. The maximum absolute atomic E-state index is 13.0. The van der Waals surface area contributed by atoms with Gasteiger partial charge in [-0.2, -0.15) is 9.57 Å². The van der Waals surface area contributed by atoms with E-state index in [1.807, 2.05) is 12.1 Å². The first-order chi connectivity index (χ1) is 30.1. The lowest BCUT2D eigenvalue weighted by Gasteiger charge is -2.41. The number of anilines is 1. The lowest BCUT2D eigenvalue weighted by atomic mass is 9.89. The molecule has 332 valence electrons. The number of carbonyl (C=O) groups is 4. The molecule has 4 aliphatic rings. The Kier molecular flexibility index (Phi) is 15.4. The molecule has 7 rings (SSSR count). The molecule has 3 aliphatic heterocycles. The molecule has 4 heterocycles. The molecule has 62 heavy (non-hydrogen) atoms. The van der Waals surface area contributed by atoms with Crippen LogP contribution < -0.4 is 15.4 Å². The van der Waals surface area contributed by atoms with Gasteiger partial charge in [-0.05, 0) is 68.5 Å². The maximum atomic E-state index is 13.0. The van der Waals surface area contributed by atoms with Crippen molar-refractivity contribution in [3.05, 3.63) is 59.4 Å². The number of piperidine rings is 1. The van der Waals surface area contributed by atoms with Crippen LogP contribution in [0.4, 0.5) is 5.82 Å². The van der Waals surface area contributed by atoms with Crippen molar-refractivity contribution in [1.29, 1.82) is 5.26 Å². The number of rotatable bonds is 21. The molecule has 1 aromatic heterocycles. The number of nitriles is 1. The van der Waals surface area contributed by atoms with Gasteiger partial charge in [-0.1, -0.05) is 0 Å². The summed E-state index contributed by atoms with van der Waals surface area (Å²) in [5, 5.41) is 15.9. The van der Waals surface area contributed by atoms with Gasteiger partial charge in [-0.25, -0.2) is 18.4 Å². The predicted octanol–water partition coefficient (Wildman–Crippen LogP) is 1.72. The standard InChI is InChI=1S/C42H52N8O11S/c43-27-29-1-8-36-35(25-29)39(45-28-44-36)46-30-2-4-31(5-3-30)48-11-13-49(14-12-48)62(55,56)24-23-60-20-19-58-16-15-57-17-18-59-21-22-61-32-6-7-33-34(26-32)42(54)50(41(33)53)37-9-10-38(51)47-40(37)52/h1,6-8,25-26,28,30-31,37H,2-5,9-24H2,(H,44,45,46)(H,47,51,52)/t30-,31+,37?. The van der Waals surface area contributed by atoms with Gasteiger partial charge in [0.05, 0.1) is 86.9 Å². The zero-order valence-electron chi connectivity index (χ0n) is 34.5. The third-order valence-corrected chi connectivity index (χ3v) is 13.3. The highest BCUT2D eigenvalue weighted by Crippen LogP contribution is 2.31. The summed E-state index contributed by atoms with van der Waals surface area (Å²) in [6.07, 6.45) is 5.65. The van der Waals surface area contributed by atoms with Gasteiger partial charge < -0.3 is 29.0 Å². The number of fused-ring (bicyclic) bond motifs is 2. The Labute approximate surface area is 360 Å². The maximum Gasteiger partial charge on any atom is 0.262 e. The Hall–Kier alpha value is -5.14. The molecule has 19 nitrogen and oxygen atoms in total. The minimum Gasteiger partial charge on any atom is -0.491 e. The first kappa shape index (κ1) is 44.9. The Morgan fingerprint density at radius 3 is 2.10 bits per heavy atom. The predicted molar refractivity (Wildman–Crippen MR) is 223 cm³/mol. The van der Waals surface area contributed by atoms with Crippen LogP contribution >= 0.6 is 0 Å². The van der Waals surface area contributed by atoms with Crippen molar-refractivity contribution in [3.63, 3.8) is 0 Å². The molecule has 4 amide bonds. The molecule has 1 aliphatic carbocycles. The van der Waals surface area contributed by atoms with Crippen molar-refractivity contribution < 1.29 is 51.3 Å². The van der Waals surface area contributed by atoms with Crippen LogP contribution in [0.15, 0.2) is 42.7 Å². The first-order valence-electron chi connectivity index (χ1n) is 21.0. The van der Waals surface area contributed by atoms with E-state index >= 15 is 0 Å². The SMILES string of the molecule is N#Cc1ccc2ncnc(N[C@H]3CC[C@@H](N4CCN(S(=O)(=O)CCOCCOCCOCCOCCOc5ccc6c(c5)C(=O)N(C5CCC(=O)NC5=O)C6=O)CC4)CC3)c2c1. The average Bonchev–Trinajstić information content (AvgIpc) is 3.52. The second kappa shape index (κ2) is 21.3. The number of hydrogen-bond acceptors (Lipinski definition) is 16. The van der Waals surface area contributed by atoms with E-state index in [1.165, 1.54) is 12.1 Å². The van der Waals surface area contributed by atoms with Crippen molar-refractivity contribution in [1.82, 2.24) is 29.4 Å². The fraction of sp³-hybridized carbons (Fsp3) is 0.548. The van der Waals surface area contributed by atoms with E-state index in [4.69, 9.17) is 23.7 Å². The monoisotopic (exact) mass is 876 g/mol. The smallest absolute Gasteiger partial charge is 0.262 e. The Balaban J connectivity index is 0.674. The Bertz CT molecular complexity index is 2240. The molecule has 0 radical (unpaired) electrons. The summed E-state index contributed by atoms with van der Waals surface area (Å²) in [7, 11) is -3.43. The van der Waals surface area contributed by atoms with E-state index in [1.54, 1.807) is 22.8 Å². The fourth-order valence-corrected chi connectivity index (χ4v) is 9.49. The number of carbonyl (C=O) groups excluding carboxylic acids is 4.